The number of rotatable bonds is 6. The minimum atomic E-state index is -0.243. The molecule has 0 radical (unpaired) electrons. The molecule has 6 rings (SSSR count). The Morgan fingerprint density at radius 3 is 2.94 bits per heavy atom. The van der Waals surface area contributed by atoms with Crippen LogP contribution in [0.4, 0.5) is 5.82 Å². The van der Waals surface area contributed by atoms with E-state index in [0.29, 0.717) is 23.2 Å². The molecule has 2 aliphatic heterocycles. The summed E-state index contributed by atoms with van der Waals surface area (Å²) in [6.45, 7) is 4.85. The number of fused-ring (bicyclic) bond motifs is 1. The lowest BCUT2D eigenvalue weighted by molar-refractivity contribution is 0.227. The van der Waals surface area contributed by atoms with E-state index in [9.17, 15) is 0 Å². The highest BCUT2D eigenvalue weighted by molar-refractivity contribution is 5.97. The summed E-state index contributed by atoms with van der Waals surface area (Å²) in [5.74, 6) is 1.02. The molecule has 2 aliphatic rings. The lowest BCUT2D eigenvalue weighted by Gasteiger charge is -2.22. The van der Waals surface area contributed by atoms with Crippen molar-refractivity contribution in [2.45, 2.75) is 37.8 Å². The number of nitrogens with one attached hydrogen (secondary N) is 2. The first kappa shape index (κ1) is 21.7. The molecule has 0 saturated carbocycles. The third-order valence-corrected chi connectivity index (χ3v) is 6.96. The molecule has 0 aliphatic carbocycles. The minimum Gasteiger partial charge on any atom is -0.479 e. The van der Waals surface area contributed by atoms with Crippen LogP contribution < -0.4 is 21.2 Å². The van der Waals surface area contributed by atoms with Crippen molar-refractivity contribution < 1.29 is 9.15 Å². The van der Waals surface area contributed by atoms with E-state index in [1.54, 1.807) is 12.5 Å². The number of hydrazone groups is 1. The molecule has 1 aromatic carbocycles. The quantitative estimate of drug-likeness (QED) is 0.389. The molecule has 5 heterocycles. The summed E-state index contributed by atoms with van der Waals surface area (Å²) in [7, 11) is 0. The van der Waals surface area contributed by atoms with Crippen molar-refractivity contribution >= 4 is 23.0 Å². The van der Waals surface area contributed by atoms with Gasteiger partial charge in [-0.3, -0.25) is 4.68 Å². The number of nitrogen functional groups attached to an aromatic ring is 1. The van der Waals surface area contributed by atoms with Crippen molar-refractivity contribution in [1.82, 2.24) is 25.5 Å². The molecule has 4 N–H and O–H groups in total. The zero-order chi connectivity index (χ0) is 23.8. The second-order valence-corrected chi connectivity index (χ2v) is 9.23. The molecular formula is C26H29N7O2. The lowest BCUT2D eigenvalue weighted by Crippen LogP contribution is -2.29. The van der Waals surface area contributed by atoms with Gasteiger partial charge in [-0.1, -0.05) is 24.3 Å². The van der Waals surface area contributed by atoms with Gasteiger partial charge in [0.25, 0.3) is 0 Å². The zero-order valence-corrected chi connectivity index (χ0v) is 19.6. The van der Waals surface area contributed by atoms with Gasteiger partial charge < -0.3 is 25.6 Å². The maximum Gasteiger partial charge on any atom is 0.205 e. The Balaban J connectivity index is 1.28. The molecule has 2 unspecified atom stereocenters. The van der Waals surface area contributed by atoms with Gasteiger partial charge in [0.2, 0.25) is 5.75 Å². The second-order valence-electron chi connectivity index (χ2n) is 9.23. The van der Waals surface area contributed by atoms with Crippen LogP contribution in [-0.4, -0.2) is 40.6 Å². The maximum atomic E-state index is 6.35. The van der Waals surface area contributed by atoms with Crippen molar-refractivity contribution in [2.24, 2.45) is 5.10 Å². The highest BCUT2D eigenvalue weighted by Crippen LogP contribution is 2.39. The summed E-state index contributed by atoms with van der Waals surface area (Å²) in [6.07, 6.45) is 11.3. The number of hydrogen-bond acceptors (Lipinski definition) is 8. The standard InChI is InChI=1S/C26H29N7O2/c1-16(17-3-2-4-18(9-17)19-10-30-31-11-19)35-25-24-22(13-29-26(25)27)23(15-34-24)20-12-32-33(14-20)21-5-7-28-8-6-21/h2-4,9-10,12-16,19,21,28,31H,5-8,11H2,1H3,(H2,27,29). The van der Waals surface area contributed by atoms with Crippen LogP contribution in [0.1, 0.15) is 49.0 Å². The molecule has 4 aromatic rings. The molecule has 3 aromatic heterocycles. The average molecular weight is 472 g/mol. The van der Waals surface area contributed by atoms with Gasteiger partial charge >= 0.3 is 0 Å². The van der Waals surface area contributed by atoms with Gasteiger partial charge in [0.1, 0.15) is 12.4 Å². The number of anilines is 1. The first-order valence-electron chi connectivity index (χ1n) is 12.1. The maximum absolute atomic E-state index is 6.35. The van der Waals surface area contributed by atoms with E-state index in [1.807, 2.05) is 25.4 Å². The Morgan fingerprint density at radius 2 is 2.11 bits per heavy atom. The van der Waals surface area contributed by atoms with E-state index in [-0.39, 0.29) is 12.0 Å². The Morgan fingerprint density at radius 1 is 1.23 bits per heavy atom. The van der Waals surface area contributed by atoms with Crippen LogP contribution in [0.25, 0.3) is 22.1 Å². The number of nitrogens with zero attached hydrogens (tertiary/aromatic N) is 4. The molecule has 2 atom stereocenters. The van der Waals surface area contributed by atoms with E-state index in [1.165, 1.54) is 5.56 Å². The summed E-state index contributed by atoms with van der Waals surface area (Å²) >= 11 is 0. The number of hydrogen-bond donors (Lipinski definition) is 3. The SMILES string of the molecule is CC(Oc1c(N)ncc2c(-c3cnn(C4CCNCC4)c3)coc12)c1cccc(C2C=NNC2)c1. The minimum absolute atomic E-state index is 0.243. The monoisotopic (exact) mass is 471 g/mol. The van der Waals surface area contributed by atoms with Crippen LogP contribution in [0.15, 0.2) is 58.6 Å². The van der Waals surface area contributed by atoms with Gasteiger partial charge in [0.05, 0.1) is 17.6 Å². The molecule has 9 nitrogen and oxygen atoms in total. The second kappa shape index (κ2) is 9.07. The average Bonchev–Trinajstić information content (AvgIpc) is 3.67. The normalized spacial score (nSPS) is 19.2. The molecule has 1 saturated heterocycles. The molecule has 0 amide bonds. The molecule has 9 heteroatoms. The molecule has 35 heavy (non-hydrogen) atoms. The highest BCUT2D eigenvalue weighted by atomic mass is 16.5. The number of nitrogens with two attached hydrogens (primary N) is 1. The number of furan rings is 1. The van der Waals surface area contributed by atoms with Crippen LogP contribution in [0.3, 0.4) is 0 Å². The van der Waals surface area contributed by atoms with Crippen LogP contribution in [0, 0.1) is 0 Å². The number of benzene rings is 1. The van der Waals surface area contributed by atoms with Crippen LogP contribution in [0.2, 0.25) is 0 Å². The molecule has 1 fully saturated rings. The van der Waals surface area contributed by atoms with Crippen molar-refractivity contribution in [3.8, 4) is 16.9 Å². The van der Waals surface area contributed by atoms with Gasteiger partial charge in [-0.2, -0.15) is 10.2 Å². The largest absolute Gasteiger partial charge is 0.479 e. The van der Waals surface area contributed by atoms with Gasteiger partial charge in [-0.15, -0.1) is 0 Å². The van der Waals surface area contributed by atoms with Crippen LogP contribution >= 0.6 is 0 Å². The fourth-order valence-corrected chi connectivity index (χ4v) is 4.90. The first-order valence-corrected chi connectivity index (χ1v) is 12.1. The Hall–Kier alpha value is -3.85. The molecule has 0 bridgehead atoms. The highest BCUT2D eigenvalue weighted by Gasteiger charge is 2.22. The molecule has 180 valence electrons. The Kier molecular flexibility index (Phi) is 5.61. The van der Waals surface area contributed by atoms with Crippen molar-refractivity contribution in [3.63, 3.8) is 0 Å². The van der Waals surface area contributed by atoms with E-state index < -0.39 is 0 Å². The first-order chi connectivity index (χ1) is 17.2. The van der Waals surface area contributed by atoms with Crippen LogP contribution in [-0.2, 0) is 0 Å². The Labute approximate surface area is 203 Å². The summed E-state index contributed by atoms with van der Waals surface area (Å²) in [6, 6.07) is 8.78. The molecular weight excluding hydrogens is 442 g/mol. The summed E-state index contributed by atoms with van der Waals surface area (Å²) in [5.41, 5.74) is 14.0. The Bertz CT molecular complexity index is 1370. The van der Waals surface area contributed by atoms with E-state index in [4.69, 9.17) is 14.9 Å². The van der Waals surface area contributed by atoms with Crippen molar-refractivity contribution in [2.75, 3.05) is 25.4 Å². The lowest BCUT2D eigenvalue weighted by atomic mass is 9.97. The van der Waals surface area contributed by atoms with E-state index in [0.717, 1.165) is 54.6 Å². The van der Waals surface area contributed by atoms with Gasteiger partial charge in [-0.25, -0.2) is 4.98 Å². The van der Waals surface area contributed by atoms with E-state index in [2.05, 4.69) is 55.0 Å². The predicted molar refractivity (Wildman–Crippen MR) is 136 cm³/mol. The van der Waals surface area contributed by atoms with Crippen molar-refractivity contribution in [3.05, 3.63) is 60.2 Å². The van der Waals surface area contributed by atoms with Gasteiger partial charge in [0, 0.05) is 42.2 Å². The van der Waals surface area contributed by atoms with Gasteiger partial charge in [-0.05, 0) is 44.0 Å². The zero-order valence-electron chi connectivity index (χ0n) is 19.6. The van der Waals surface area contributed by atoms with Crippen molar-refractivity contribution in [1.29, 1.82) is 0 Å². The fourth-order valence-electron chi connectivity index (χ4n) is 4.90. The van der Waals surface area contributed by atoms with E-state index >= 15 is 0 Å². The summed E-state index contributed by atoms with van der Waals surface area (Å²) in [5, 5.41) is 13.0. The predicted octanol–water partition coefficient (Wildman–Crippen LogP) is 4.01. The third kappa shape index (κ3) is 4.12. The van der Waals surface area contributed by atoms with Gasteiger partial charge in [0.15, 0.2) is 11.4 Å². The third-order valence-electron chi connectivity index (χ3n) is 6.96. The summed E-state index contributed by atoms with van der Waals surface area (Å²) < 4.78 is 14.4. The number of aromatic nitrogens is 3. The number of piperidine rings is 1. The number of ether oxygens (including phenoxy) is 1. The summed E-state index contributed by atoms with van der Waals surface area (Å²) in [4.78, 5) is 4.42. The topological polar surface area (TPSA) is 116 Å². The van der Waals surface area contributed by atoms with Crippen LogP contribution in [0.5, 0.6) is 5.75 Å². The molecule has 0 spiro atoms. The fraction of sp³-hybridized carbons (Fsp3) is 0.346. The smallest absolute Gasteiger partial charge is 0.205 e. The number of pyridine rings is 1.